The fraction of sp³-hybridized carbons (Fsp3) is 0.350. The molecule has 0 aliphatic carbocycles. The van der Waals surface area contributed by atoms with Gasteiger partial charge in [0.25, 0.3) is 11.8 Å². The number of amides is 3. The van der Waals surface area contributed by atoms with Gasteiger partial charge in [-0.1, -0.05) is 37.1 Å². The molecule has 128 valence electrons. The predicted molar refractivity (Wildman–Crippen MR) is 94.4 cm³/mol. The lowest BCUT2D eigenvalue weighted by atomic mass is 9.94. The SMILES string of the molecule is O=C(CN1C(=O)c2cccc3cccc(c23)C1=O)N1CCCCCC1. The lowest BCUT2D eigenvalue weighted by Crippen LogP contribution is -2.47. The van der Waals surface area contributed by atoms with Crippen LogP contribution in [-0.2, 0) is 4.79 Å². The van der Waals surface area contributed by atoms with Crippen molar-refractivity contribution < 1.29 is 14.4 Å². The number of hydrogen-bond donors (Lipinski definition) is 0. The minimum absolute atomic E-state index is 0.143. The van der Waals surface area contributed by atoms with E-state index in [4.69, 9.17) is 0 Å². The van der Waals surface area contributed by atoms with E-state index < -0.39 is 0 Å². The number of rotatable bonds is 2. The molecule has 0 atom stereocenters. The Hall–Kier alpha value is -2.69. The van der Waals surface area contributed by atoms with Crippen LogP contribution in [-0.4, -0.2) is 47.2 Å². The second-order valence-electron chi connectivity index (χ2n) is 6.70. The van der Waals surface area contributed by atoms with Crippen LogP contribution in [0.3, 0.4) is 0 Å². The number of nitrogens with zero attached hydrogens (tertiary/aromatic N) is 2. The van der Waals surface area contributed by atoms with Crippen LogP contribution >= 0.6 is 0 Å². The Morgan fingerprint density at radius 2 is 1.40 bits per heavy atom. The summed E-state index contributed by atoms with van der Waals surface area (Å²) in [4.78, 5) is 41.2. The molecule has 0 bridgehead atoms. The van der Waals surface area contributed by atoms with E-state index >= 15 is 0 Å². The molecule has 2 aromatic rings. The van der Waals surface area contributed by atoms with Crippen LogP contribution in [0.15, 0.2) is 36.4 Å². The first-order chi connectivity index (χ1) is 12.2. The third-order valence-corrected chi connectivity index (χ3v) is 5.11. The molecule has 25 heavy (non-hydrogen) atoms. The van der Waals surface area contributed by atoms with Gasteiger partial charge in [-0.15, -0.1) is 0 Å². The minimum atomic E-state index is -0.377. The summed E-state index contributed by atoms with van der Waals surface area (Å²) in [5, 5.41) is 1.56. The lowest BCUT2D eigenvalue weighted by molar-refractivity contribution is -0.131. The van der Waals surface area contributed by atoms with E-state index in [0.29, 0.717) is 29.6 Å². The van der Waals surface area contributed by atoms with Crippen molar-refractivity contribution in [3.63, 3.8) is 0 Å². The van der Waals surface area contributed by atoms with Crippen molar-refractivity contribution in [2.24, 2.45) is 0 Å². The van der Waals surface area contributed by atoms with Gasteiger partial charge in [0.2, 0.25) is 5.91 Å². The van der Waals surface area contributed by atoms with Gasteiger partial charge in [-0.3, -0.25) is 19.3 Å². The Balaban J connectivity index is 1.65. The summed E-state index contributed by atoms with van der Waals surface area (Å²) in [6.45, 7) is 1.24. The summed E-state index contributed by atoms with van der Waals surface area (Å²) in [5.41, 5.74) is 0.993. The maximum atomic E-state index is 12.8. The highest BCUT2D eigenvalue weighted by Crippen LogP contribution is 2.29. The van der Waals surface area contributed by atoms with Gasteiger partial charge < -0.3 is 4.90 Å². The second kappa shape index (κ2) is 6.31. The van der Waals surface area contributed by atoms with Crippen molar-refractivity contribution in [2.45, 2.75) is 25.7 Å². The first kappa shape index (κ1) is 15.8. The first-order valence-electron chi connectivity index (χ1n) is 8.82. The molecule has 1 saturated heterocycles. The molecular formula is C20H20N2O3. The highest BCUT2D eigenvalue weighted by molar-refractivity contribution is 6.26. The zero-order valence-corrected chi connectivity index (χ0v) is 14.0. The largest absolute Gasteiger partial charge is 0.341 e. The molecule has 1 fully saturated rings. The van der Waals surface area contributed by atoms with Crippen LogP contribution < -0.4 is 0 Å². The zero-order chi connectivity index (χ0) is 17.4. The summed E-state index contributed by atoms with van der Waals surface area (Å²) in [6, 6.07) is 10.9. The number of imide groups is 1. The Bertz CT molecular complexity index is 816. The maximum absolute atomic E-state index is 12.8. The van der Waals surface area contributed by atoms with Gasteiger partial charge in [-0.2, -0.15) is 0 Å². The summed E-state index contributed by atoms with van der Waals surface area (Å²) in [5.74, 6) is -0.898. The van der Waals surface area contributed by atoms with Crippen LogP contribution in [0.2, 0.25) is 0 Å². The smallest absolute Gasteiger partial charge is 0.261 e. The molecular weight excluding hydrogens is 316 g/mol. The van der Waals surface area contributed by atoms with Gasteiger partial charge in [0, 0.05) is 29.6 Å². The van der Waals surface area contributed by atoms with Crippen LogP contribution in [0, 0.1) is 0 Å². The molecule has 3 amide bonds. The van der Waals surface area contributed by atoms with Gasteiger partial charge >= 0.3 is 0 Å². The monoisotopic (exact) mass is 336 g/mol. The summed E-state index contributed by atoms with van der Waals surface area (Å²) < 4.78 is 0. The molecule has 2 heterocycles. The molecule has 0 radical (unpaired) electrons. The fourth-order valence-electron chi connectivity index (χ4n) is 3.78. The van der Waals surface area contributed by atoms with Crippen molar-refractivity contribution in [2.75, 3.05) is 19.6 Å². The normalized spacial score (nSPS) is 17.8. The van der Waals surface area contributed by atoms with Gasteiger partial charge in [-0.05, 0) is 30.4 Å². The van der Waals surface area contributed by atoms with E-state index in [1.807, 2.05) is 24.3 Å². The van der Waals surface area contributed by atoms with Gasteiger partial charge in [0.1, 0.15) is 6.54 Å². The third kappa shape index (κ3) is 2.69. The molecule has 4 rings (SSSR count). The van der Waals surface area contributed by atoms with E-state index in [0.717, 1.165) is 36.0 Å². The maximum Gasteiger partial charge on any atom is 0.261 e. The lowest BCUT2D eigenvalue weighted by Gasteiger charge is -2.29. The minimum Gasteiger partial charge on any atom is -0.341 e. The first-order valence-corrected chi connectivity index (χ1v) is 8.82. The van der Waals surface area contributed by atoms with E-state index in [2.05, 4.69) is 0 Å². The van der Waals surface area contributed by atoms with E-state index in [9.17, 15) is 14.4 Å². The highest BCUT2D eigenvalue weighted by Gasteiger charge is 2.34. The second-order valence-corrected chi connectivity index (χ2v) is 6.70. The van der Waals surface area contributed by atoms with Gasteiger partial charge in [-0.25, -0.2) is 0 Å². The Morgan fingerprint density at radius 1 is 0.840 bits per heavy atom. The molecule has 0 spiro atoms. The van der Waals surface area contributed by atoms with Crippen LogP contribution in [0.4, 0.5) is 0 Å². The van der Waals surface area contributed by atoms with Crippen molar-refractivity contribution >= 4 is 28.5 Å². The molecule has 5 heteroatoms. The Morgan fingerprint density at radius 3 is 1.96 bits per heavy atom. The predicted octanol–water partition coefficient (Wildman–Crippen LogP) is 2.84. The summed E-state index contributed by atoms with van der Waals surface area (Å²) >= 11 is 0. The van der Waals surface area contributed by atoms with Gasteiger partial charge in [0.05, 0.1) is 0 Å². The average Bonchev–Trinajstić information content (AvgIpc) is 2.92. The quantitative estimate of drug-likeness (QED) is 0.793. The fourth-order valence-corrected chi connectivity index (χ4v) is 3.78. The topological polar surface area (TPSA) is 57.7 Å². The highest BCUT2D eigenvalue weighted by atomic mass is 16.2. The molecule has 0 aromatic heterocycles. The van der Waals surface area contributed by atoms with Crippen LogP contribution in [0.5, 0.6) is 0 Å². The van der Waals surface area contributed by atoms with Crippen LogP contribution in [0.25, 0.3) is 10.8 Å². The summed E-state index contributed by atoms with van der Waals surface area (Å²) in [7, 11) is 0. The molecule has 0 N–H and O–H groups in total. The van der Waals surface area contributed by atoms with Crippen LogP contribution in [0.1, 0.15) is 46.4 Å². The Kier molecular flexibility index (Phi) is 3.99. The number of benzene rings is 2. The third-order valence-electron chi connectivity index (χ3n) is 5.11. The standard InChI is InChI=1S/C20H20N2O3/c23-17(21-11-3-1-2-4-12-21)13-22-19(24)15-9-5-7-14-8-6-10-16(18(14)15)20(22)25/h5-10H,1-4,11-13H2. The number of carbonyl (C=O) groups excluding carboxylic acids is 3. The van der Waals surface area contributed by atoms with Crippen molar-refractivity contribution in [1.82, 2.24) is 9.80 Å². The molecule has 0 unspecified atom stereocenters. The summed E-state index contributed by atoms with van der Waals surface area (Å²) in [6.07, 6.45) is 4.22. The van der Waals surface area contributed by atoms with Crippen molar-refractivity contribution in [3.8, 4) is 0 Å². The zero-order valence-electron chi connectivity index (χ0n) is 14.0. The molecule has 0 saturated carbocycles. The average molecular weight is 336 g/mol. The molecule has 2 aliphatic heterocycles. The van der Waals surface area contributed by atoms with E-state index in [1.54, 1.807) is 17.0 Å². The Labute approximate surface area is 146 Å². The number of hydrogen-bond acceptors (Lipinski definition) is 3. The van der Waals surface area contributed by atoms with E-state index in [1.165, 1.54) is 0 Å². The molecule has 5 nitrogen and oxygen atoms in total. The van der Waals surface area contributed by atoms with Gasteiger partial charge in [0.15, 0.2) is 0 Å². The van der Waals surface area contributed by atoms with E-state index in [-0.39, 0.29) is 24.3 Å². The molecule has 2 aliphatic rings. The number of likely N-dealkylation sites (tertiary alicyclic amines) is 1. The van der Waals surface area contributed by atoms with Crippen molar-refractivity contribution in [1.29, 1.82) is 0 Å². The number of carbonyl (C=O) groups is 3. The van der Waals surface area contributed by atoms with Crippen molar-refractivity contribution in [3.05, 3.63) is 47.5 Å². The molecule has 2 aromatic carbocycles.